The molecule has 0 spiro atoms. The average molecular weight is 369 g/mol. The molecule has 0 saturated carbocycles. The fourth-order valence-electron chi connectivity index (χ4n) is 3.60. The van der Waals surface area contributed by atoms with Gasteiger partial charge in [-0.1, -0.05) is 12.1 Å². The van der Waals surface area contributed by atoms with Crippen LogP contribution in [0, 0.1) is 0 Å². The molecule has 0 bridgehead atoms. The fourth-order valence-corrected chi connectivity index (χ4v) is 3.60. The number of benzene rings is 1. The molecule has 0 unspecified atom stereocenters. The second kappa shape index (κ2) is 5.70. The zero-order valence-corrected chi connectivity index (χ0v) is 14.1. The van der Waals surface area contributed by atoms with Crippen molar-refractivity contribution in [1.29, 1.82) is 0 Å². The monoisotopic (exact) mass is 369 g/mol. The largest absolute Gasteiger partial charge is 0.463 e. The molecular formula is C20H14F3N3O. The van der Waals surface area contributed by atoms with Gasteiger partial charge in [0.25, 0.3) is 0 Å². The van der Waals surface area contributed by atoms with Crippen molar-refractivity contribution in [1.82, 2.24) is 14.6 Å². The van der Waals surface area contributed by atoms with Gasteiger partial charge >= 0.3 is 6.18 Å². The van der Waals surface area contributed by atoms with E-state index in [0.29, 0.717) is 17.0 Å². The van der Waals surface area contributed by atoms with E-state index in [1.807, 2.05) is 18.2 Å². The summed E-state index contributed by atoms with van der Waals surface area (Å²) in [6.07, 6.45) is -0.0569. The van der Waals surface area contributed by atoms with Gasteiger partial charge in [-0.2, -0.15) is 18.3 Å². The first-order valence-electron chi connectivity index (χ1n) is 8.63. The zero-order chi connectivity index (χ0) is 18.6. The Labute approximate surface area is 152 Å². The van der Waals surface area contributed by atoms with Crippen LogP contribution in [0.15, 0.2) is 53.1 Å². The van der Waals surface area contributed by atoms with Crippen molar-refractivity contribution in [3.8, 4) is 22.7 Å². The Kier molecular flexibility index (Phi) is 3.40. The highest BCUT2D eigenvalue weighted by Crippen LogP contribution is 2.34. The van der Waals surface area contributed by atoms with Crippen molar-refractivity contribution in [2.24, 2.45) is 0 Å². The second-order valence-corrected chi connectivity index (χ2v) is 6.64. The summed E-state index contributed by atoms with van der Waals surface area (Å²) in [5, 5.41) is 4.05. The van der Waals surface area contributed by atoms with Gasteiger partial charge in [0.15, 0.2) is 17.1 Å². The maximum Gasteiger partial charge on any atom is 0.433 e. The number of hydrogen-bond acceptors (Lipinski definition) is 3. The van der Waals surface area contributed by atoms with Crippen LogP contribution in [0.3, 0.4) is 0 Å². The van der Waals surface area contributed by atoms with Crippen LogP contribution in [-0.4, -0.2) is 14.6 Å². The van der Waals surface area contributed by atoms with Gasteiger partial charge in [0.2, 0.25) is 0 Å². The lowest BCUT2D eigenvalue weighted by molar-refractivity contribution is -0.142. The number of furan rings is 1. The maximum atomic E-state index is 13.7. The van der Waals surface area contributed by atoms with Gasteiger partial charge in [0, 0.05) is 11.6 Å². The molecule has 1 aliphatic rings. The van der Waals surface area contributed by atoms with Gasteiger partial charge in [-0.05, 0) is 54.7 Å². The van der Waals surface area contributed by atoms with E-state index >= 15 is 0 Å². The highest BCUT2D eigenvalue weighted by atomic mass is 19.4. The van der Waals surface area contributed by atoms with E-state index in [4.69, 9.17) is 4.42 Å². The van der Waals surface area contributed by atoms with Gasteiger partial charge in [-0.25, -0.2) is 9.50 Å². The zero-order valence-electron chi connectivity index (χ0n) is 14.1. The lowest BCUT2D eigenvalue weighted by Crippen LogP contribution is -2.13. The van der Waals surface area contributed by atoms with Crippen LogP contribution >= 0.6 is 0 Å². The molecule has 0 N–H and O–H groups in total. The van der Waals surface area contributed by atoms with Crippen LogP contribution in [0.2, 0.25) is 0 Å². The van der Waals surface area contributed by atoms with Crippen molar-refractivity contribution in [2.75, 3.05) is 0 Å². The summed E-state index contributed by atoms with van der Waals surface area (Å²) in [6, 6.07) is 11.6. The molecule has 1 aliphatic carbocycles. The van der Waals surface area contributed by atoms with Crippen LogP contribution in [0.4, 0.5) is 13.2 Å². The molecule has 1 aromatic carbocycles. The molecule has 0 aliphatic heterocycles. The summed E-state index contributed by atoms with van der Waals surface area (Å²) < 4.78 is 47.1. The molecule has 5 rings (SSSR count). The van der Waals surface area contributed by atoms with Crippen LogP contribution in [0.5, 0.6) is 0 Å². The normalized spacial score (nSPS) is 14.0. The van der Waals surface area contributed by atoms with Crippen molar-refractivity contribution in [3.63, 3.8) is 0 Å². The van der Waals surface area contributed by atoms with Gasteiger partial charge in [0.1, 0.15) is 5.69 Å². The lowest BCUT2D eigenvalue weighted by Gasteiger charge is -2.11. The molecule has 27 heavy (non-hydrogen) atoms. The Morgan fingerprint density at radius 3 is 2.59 bits per heavy atom. The molecular weight excluding hydrogens is 355 g/mol. The summed E-state index contributed by atoms with van der Waals surface area (Å²) in [7, 11) is 0. The first-order valence-corrected chi connectivity index (χ1v) is 8.63. The topological polar surface area (TPSA) is 43.3 Å². The molecule has 3 heterocycles. The van der Waals surface area contributed by atoms with E-state index in [9.17, 15) is 13.2 Å². The van der Waals surface area contributed by atoms with Crippen LogP contribution in [0.25, 0.3) is 28.4 Å². The number of alkyl halides is 3. The number of hydrogen-bond donors (Lipinski definition) is 0. The molecule has 4 nitrogen and oxygen atoms in total. The Hall–Kier alpha value is -3.09. The third-order valence-corrected chi connectivity index (χ3v) is 4.89. The van der Waals surface area contributed by atoms with Crippen LogP contribution in [-0.2, 0) is 19.0 Å². The molecule has 0 atom stereocenters. The van der Waals surface area contributed by atoms with E-state index in [2.05, 4.69) is 10.1 Å². The summed E-state index contributed by atoms with van der Waals surface area (Å²) in [4.78, 5) is 4.43. The summed E-state index contributed by atoms with van der Waals surface area (Å²) in [5.74, 6) is 0.396. The molecule has 4 aromatic rings. The van der Waals surface area contributed by atoms with Gasteiger partial charge < -0.3 is 4.42 Å². The maximum absolute atomic E-state index is 13.7. The molecule has 7 heteroatoms. The second-order valence-electron chi connectivity index (χ2n) is 6.64. The van der Waals surface area contributed by atoms with Gasteiger partial charge in [-0.15, -0.1) is 0 Å². The Bertz CT molecular complexity index is 1140. The quantitative estimate of drug-likeness (QED) is 0.490. The van der Waals surface area contributed by atoms with Crippen LogP contribution in [0.1, 0.15) is 23.2 Å². The molecule has 136 valence electrons. The minimum Gasteiger partial charge on any atom is -0.463 e. The van der Waals surface area contributed by atoms with Crippen molar-refractivity contribution >= 4 is 5.65 Å². The first-order chi connectivity index (χ1) is 13.0. The SMILES string of the molecule is FC(F)(F)c1cc(-c2ccc3c(c2)CCC3)nc2cc(-c3ccco3)nn12. The van der Waals surface area contributed by atoms with Crippen molar-refractivity contribution in [3.05, 3.63) is 65.5 Å². The molecule has 0 saturated heterocycles. The smallest absolute Gasteiger partial charge is 0.433 e. The third-order valence-electron chi connectivity index (χ3n) is 4.89. The van der Waals surface area contributed by atoms with E-state index in [0.717, 1.165) is 29.8 Å². The third kappa shape index (κ3) is 2.70. The molecule has 0 amide bonds. The molecule has 0 fully saturated rings. The number of rotatable bonds is 2. The number of halogens is 3. The van der Waals surface area contributed by atoms with E-state index in [1.54, 1.807) is 12.1 Å². The minimum atomic E-state index is -4.56. The molecule has 0 radical (unpaired) electrons. The summed E-state index contributed by atoms with van der Waals surface area (Å²) in [5.41, 5.74) is 3.00. The van der Waals surface area contributed by atoms with Crippen molar-refractivity contribution in [2.45, 2.75) is 25.4 Å². The van der Waals surface area contributed by atoms with E-state index in [1.165, 1.54) is 23.5 Å². The Balaban J connectivity index is 1.72. The first kappa shape index (κ1) is 16.1. The van der Waals surface area contributed by atoms with E-state index in [-0.39, 0.29) is 11.3 Å². The summed E-state index contributed by atoms with van der Waals surface area (Å²) in [6.45, 7) is 0. The van der Waals surface area contributed by atoms with Gasteiger partial charge in [-0.3, -0.25) is 0 Å². The van der Waals surface area contributed by atoms with Crippen LogP contribution < -0.4 is 0 Å². The Morgan fingerprint density at radius 1 is 0.963 bits per heavy atom. The predicted octanol–water partition coefficient (Wildman–Crippen LogP) is 5.16. The fraction of sp³-hybridized carbons (Fsp3) is 0.200. The summed E-state index contributed by atoms with van der Waals surface area (Å²) >= 11 is 0. The highest BCUT2D eigenvalue weighted by molar-refractivity contribution is 5.67. The van der Waals surface area contributed by atoms with E-state index < -0.39 is 11.9 Å². The van der Waals surface area contributed by atoms with Crippen molar-refractivity contribution < 1.29 is 17.6 Å². The minimum absolute atomic E-state index is 0.131. The average Bonchev–Trinajstić information content (AvgIpc) is 3.37. The number of aromatic nitrogens is 3. The Morgan fingerprint density at radius 2 is 1.81 bits per heavy atom. The molecule has 3 aromatic heterocycles. The predicted molar refractivity (Wildman–Crippen MR) is 93.2 cm³/mol. The van der Waals surface area contributed by atoms with Gasteiger partial charge in [0.05, 0.1) is 12.0 Å². The highest BCUT2D eigenvalue weighted by Gasteiger charge is 2.35. The number of aryl methyl sites for hydroxylation is 2. The number of fused-ring (bicyclic) bond motifs is 2. The standard InChI is InChI=1S/C20H14F3N3O/c21-20(22,23)18-10-15(14-7-6-12-3-1-4-13(12)9-14)24-19-11-16(25-26(18)19)17-5-2-8-27-17/h2,5-11H,1,3-4H2. The number of nitrogens with zero attached hydrogens (tertiary/aromatic N) is 3. The lowest BCUT2D eigenvalue weighted by atomic mass is 10.0.